The van der Waals surface area contributed by atoms with E-state index in [1.54, 1.807) is 14.2 Å². The van der Waals surface area contributed by atoms with Crippen molar-refractivity contribution in [1.29, 1.82) is 0 Å². The molecule has 10 heteroatoms. The lowest BCUT2D eigenvalue weighted by molar-refractivity contribution is -0.274. The number of fused-ring (bicyclic) bond motifs is 4. The second-order valence-electron chi connectivity index (χ2n) is 13.2. The first kappa shape index (κ1) is 36.8. The Morgan fingerprint density at radius 2 is 0.712 bits per heavy atom. The third-order valence-electron chi connectivity index (χ3n) is 9.69. The van der Waals surface area contributed by atoms with Gasteiger partial charge in [0, 0.05) is 14.2 Å². The zero-order chi connectivity index (χ0) is 35.5. The lowest BCUT2D eigenvalue weighted by Crippen LogP contribution is -2.55. The molecular formula is C42H48O10. The van der Waals surface area contributed by atoms with Crippen LogP contribution in [0.25, 0.3) is 0 Å². The summed E-state index contributed by atoms with van der Waals surface area (Å²) in [5.74, 6) is 0. The second-order valence-corrected chi connectivity index (χ2v) is 13.2. The molecule has 52 heavy (non-hydrogen) atoms. The van der Waals surface area contributed by atoms with Crippen molar-refractivity contribution in [1.82, 2.24) is 0 Å². The Labute approximate surface area is 305 Å². The molecule has 4 aliphatic heterocycles. The summed E-state index contributed by atoms with van der Waals surface area (Å²) in [6, 6.07) is 40.3. The molecule has 0 spiro atoms. The minimum atomic E-state index is -0.451. The van der Waals surface area contributed by atoms with E-state index in [0.717, 1.165) is 22.3 Å². The minimum absolute atomic E-state index is 0.134. The summed E-state index contributed by atoms with van der Waals surface area (Å²) in [5.41, 5.74) is 4.46. The van der Waals surface area contributed by atoms with Crippen LogP contribution in [0.15, 0.2) is 121 Å². The van der Waals surface area contributed by atoms with Crippen LogP contribution >= 0.6 is 0 Å². The molecule has 4 bridgehead atoms. The van der Waals surface area contributed by atoms with Gasteiger partial charge >= 0.3 is 0 Å². The average Bonchev–Trinajstić information content (AvgIpc) is 3.67. The van der Waals surface area contributed by atoms with Crippen molar-refractivity contribution in [2.24, 2.45) is 0 Å². The van der Waals surface area contributed by atoms with Crippen molar-refractivity contribution in [3.8, 4) is 0 Å². The Kier molecular flexibility index (Phi) is 13.1. The van der Waals surface area contributed by atoms with Gasteiger partial charge in [0.1, 0.15) is 48.8 Å². The first-order valence-corrected chi connectivity index (χ1v) is 17.9. The molecule has 0 radical (unpaired) electrons. The van der Waals surface area contributed by atoms with Crippen molar-refractivity contribution < 1.29 is 47.4 Å². The van der Waals surface area contributed by atoms with Gasteiger partial charge in [0.2, 0.25) is 0 Å². The summed E-state index contributed by atoms with van der Waals surface area (Å²) < 4.78 is 59.5. The molecule has 4 aromatic rings. The molecule has 276 valence electrons. The number of rotatable bonds is 14. The van der Waals surface area contributed by atoms with Crippen LogP contribution in [-0.4, -0.2) is 88.8 Å². The van der Waals surface area contributed by atoms with Gasteiger partial charge in [-0.1, -0.05) is 121 Å². The molecule has 8 rings (SSSR count). The largest absolute Gasteiger partial charge is 0.370 e. The van der Waals surface area contributed by atoms with Crippen LogP contribution in [0.1, 0.15) is 22.3 Å². The molecule has 10 atom stereocenters. The predicted molar refractivity (Wildman–Crippen MR) is 191 cm³/mol. The van der Waals surface area contributed by atoms with E-state index < -0.39 is 12.6 Å². The van der Waals surface area contributed by atoms with Gasteiger partial charge in [-0.3, -0.25) is 0 Å². The number of hydrogen-bond acceptors (Lipinski definition) is 10. The number of benzene rings is 4. The highest BCUT2D eigenvalue weighted by atomic mass is 16.7. The maximum Gasteiger partial charge on any atom is 0.186 e. The Balaban J connectivity index is 0.000000162. The summed E-state index contributed by atoms with van der Waals surface area (Å²) in [6.07, 6.45) is -2.57. The Bertz CT molecular complexity index is 1480. The molecule has 4 aromatic carbocycles. The Morgan fingerprint density at radius 1 is 0.423 bits per heavy atom. The predicted octanol–water partition coefficient (Wildman–Crippen LogP) is 5.85. The quantitative estimate of drug-likeness (QED) is 0.159. The highest BCUT2D eigenvalue weighted by Gasteiger charge is 2.54. The summed E-state index contributed by atoms with van der Waals surface area (Å²) in [4.78, 5) is 0. The fourth-order valence-electron chi connectivity index (χ4n) is 7.02. The van der Waals surface area contributed by atoms with E-state index in [-0.39, 0.29) is 48.8 Å². The fourth-order valence-corrected chi connectivity index (χ4v) is 7.02. The van der Waals surface area contributed by atoms with Crippen molar-refractivity contribution in [2.45, 2.75) is 87.8 Å². The molecular weight excluding hydrogens is 664 g/mol. The van der Waals surface area contributed by atoms with Crippen LogP contribution < -0.4 is 0 Å². The van der Waals surface area contributed by atoms with Gasteiger partial charge in [-0.05, 0) is 22.3 Å². The molecule has 0 aliphatic carbocycles. The van der Waals surface area contributed by atoms with Crippen LogP contribution in [0.2, 0.25) is 0 Å². The van der Waals surface area contributed by atoms with E-state index in [1.807, 2.05) is 121 Å². The topological polar surface area (TPSA) is 92.3 Å². The van der Waals surface area contributed by atoms with Crippen LogP contribution in [-0.2, 0) is 73.8 Å². The third kappa shape index (κ3) is 9.15. The van der Waals surface area contributed by atoms with E-state index in [0.29, 0.717) is 39.6 Å². The Hall–Kier alpha value is -3.52. The summed E-state index contributed by atoms with van der Waals surface area (Å²) in [5, 5.41) is 0. The monoisotopic (exact) mass is 712 g/mol. The van der Waals surface area contributed by atoms with Crippen molar-refractivity contribution >= 4 is 0 Å². The fraction of sp³-hybridized carbons (Fsp3) is 0.429. The highest BCUT2D eigenvalue weighted by molar-refractivity contribution is 5.16. The molecule has 4 heterocycles. The first-order valence-electron chi connectivity index (χ1n) is 17.9. The summed E-state index contributed by atoms with van der Waals surface area (Å²) in [6.45, 7) is 2.99. The third-order valence-corrected chi connectivity index (χ3v) is 9.69. The van der Waals surface area contributed by atoms with Gasteiger partial charge in [-0.25, -0.2) is 0 Å². The molecule has 4 saturated heterocycles. The van der Waals surface area contributed by atoms with Crippen molar-refractivity contribution in [3.63, 3.8) is 0 Å². The maximum absolute atomic E-state index is 6.15. The van der Waals surface area contributed by atoms with Gasteiger partial charge in [-0.15, -0.1) is 0 Å². The molecule has 4 fully saturated rings. The average molecular weight is 713 g/mol. The Morgan fingerprint density at radius 3 is 1.00 bits per heavy atom. The first-order chi connectivity index (χ1) is 25.7. The number of methoxy groups -OCH3 is 2. The maximum atomic E-state index is 6.15. The summed E-state index contributed by atoms with van der Waals surface area (Å²) in [7, 11) is 3.27. The molecule has 0 unspecified atom stereocenters. The number of hydrogen-bond donors (Lipinski definition) is 0. The van der Waals surface area contributed by atoms with Crippen LogP contribution in [0.4, 0.5) is 0 Å². The standard InChI is InChI=1S/2C21H24O5/c2*1-22-21-20(24-13-16-10-6-3-7-11-16)19-18(17(26-21)14-25-19)23-12-15-8-4-2-5-9-15/h2*2-11,17-21H,12-14H2,1H3/t2*17-,18-,19+,20-,21+/m00/s1. The van der Waals surface area contributed by atoms with Gasteiger partial charge in [0.25, 0.3) is 0 Å². The van der Waals surface area contributed by atoms with Crippen LogP contribution in [0.3, 0.4) is 0 Å². The second kappa shape index (κ2) is 18.5. The lowest BCUT2D eigenvalue weighted by atomic mass is 10.0. The zero-order valence-corrected chi connectivity index (χ0v) is 29.6. The normalized spacial score (nSPS) is 30.4. The van der Waals surface area contributed by atoms with Crippen LogP contribution in [0, 0.1) is 0 Å². The minimum Gasteiger partial charge on any atom is -0.370 e. The van der Waals surface area contributed by atoms with E-state index in [4.69, 9.17) is 47.4 Å². The van der Waals surface area contributed by atoms with E-state index in [9.17, 15) is 0 Å². The van der Waals surface area contributed by atoms with E-state index >= 15 is 0 Å². The highest BCUT2D eigenvalue weighted by Crippen LogP contribution is 2.36. The summed E-state index contributed by atoms with van der Waals surface area (Å²) >= 11 is 0. The van der Waals surface area contributed by atoms with E-state index in [2.05, 4.69) is 0 Å². The molecule has 0 amide bonds. The van der Waals surface area contributed by atoms with Gasteiger partial charge in [0.05, 0.1) is 39.6 Å². The molecule has 0 aromatic heterocycles. The van der Waals surface area contributed by atoms with Crippen molar-refractivity contribution in [3.05, 3.63) is 144 Å². The molecule has 4 aliphatic rings. The molecule has 0 saturated carbocycles. The van der Waals surface area contributed by atoms with Crippen LogP contribution in [0.5, 0.6) is 0 Å². The zero-order valence-electron chi connectivity index (χ0n) is 29.6. The molecule has 0 N–H and O–H groups in total. The smallest absolute Gasteiger partial charge is 0.186 e. The number of ether oxygens (including phenoxy) is 10. The van der Waals surface area contributed by atoms with E-state index in [1.165, 1.54) is 0 Å². The molecule has 10 nitrogen and oxygen atoms in total. The SMILES string of the molecule is CO[C@@H]1O[C@H]2CO[C@@H]([C@@H]1OCc1ccccc1)[C@H]2OCc1ccccc1.CO[C@@H]1O[C@H]2CO[C@@H]([C@@H]1OCc1ccccc1)[C@H]2OCc1ccccc1. The lowest BCUT2D eigenvalue weighted by Gasteiger charge is -2.39. The van der Waals surface area contributed by atoms with Crippen molar-refractivity contribution in [2.75, 3.05) is 27.4 Å². The van der Waals surface area contributed by atoms with Gasteiger partial charge in [-0.2, -0.15) is 0 Å². The van der Waals surface area contributed by atoms with Gasteiger partial charge in [0.15, 0.2) is 12.6 Å². The van der Waals surface area contributed by atoms with Gasteiger partial charge < -0.3 is 47.4 Å².